The molecule has 3 aromatic rings. The Balaban J connectivity index is 2.20. The van der Waals surface area contributed by atoms with Crippen molar-refractivity contribution >= 4 is 11.6 Å². The van der Waals surface area contributed by atoms with E-state index in [1.165, 1.54) is 22.9 Å². The van der Waals surface area contributed by atoms with Crippen molar-refractivity contribution in [1.29, 1.82) is 0 Å². The minimum atomic E-state index is -4.49. The van der Waals surface area contributed by atoms with Crippen LogP contribution in [0, 0.1) is 0 Å². The Kier molecular flexibility index (Phi) is 4.63. The van der Waals surface area contributed by atoms with Gasteiger partial charge in [0.25, 0.3) is 0 Å². The first-order valence-electron chi connectivity index (χ1n) is 7.39. The van der Waals surface area contributed by atoms with E-state index in [4.69, 9.17) is 11.6 Å². The maximum atomic E-state index is 13.3. The van der Waals surface area contributed by atoms with Crippen LogP contribution in [0.3, 0.4) is 0 Å². The van der Waals surface area contributed by atoms with E-state index in [-0.39, 0.29) is 11.4 Å². The monoisotopic (exact) mass is 363 g/mol. The molecule has 0 spiro atoms. The molecule has 0 aliphatic rings. The summed E-state index contributed by atoms with van der Waals surface area (Å²) in [5.74, 6) is 0.377. The molecule has 2 aromatic carbocycles. The zero-order chi connectivity index (χ0) is 18.0. The second-order valence-corrected chi connectivity index (χ2v) is 5.66. The first-order chi connectivity index (χ1) is 11.9. The molecule has 128 valence electrons. The van der Waals surface area contributed by atoms with Crippen molar-refractivity contribution in [3.63, 3.8) is 0 Å². The van der Waals surface area contributed by atoms with Crippen LogP contribution in [-0.2, 0) is 12.7 Å². The van der Waals surface area contributed by atoms with E-state index in [1.54, 1.807) is 30.3 Å². The van der Waals surface area contributed by atoms with Gasteiger partial charge < -0.3 is 0 Å². The molecule has 0 aliphatic carbocycles. The number of rotatable bonds is 4. The lowest BCUT2D eigenvalue weighted by molar-refractivity contribution is -0.137. The van der Waals surface area contributed by atoms with Gasteiger partial charge in [0.15, 0.2) is 11.6 Å². The summed E-state index contributed by atoms with van der Waals surface area (Å²) in [5, 5.41) is 4.68. The third kappa shape index (κ3) is 3.44. The Hall–Kier alpha value is -2.60. The van der Waals surface area contributed by atoms with Crippen molar-refractivity contribution in [1.82, 2.24) is 14.8 Å². The molecule has 0 unspecified atom stereocenters. The lowest BCUT2D eigenvalue weighted by atomic mass is 10.1. The summed E-state index contributed by atoms with van der Waals surface area (Å²) in [6, 6.07) is 12.2. The smallest absolute Gasteiger partial charge is 0.241 e. The van der Waals surface area contributed by atoms with Crippen LogP contribution in [0.4, 0.5) is 13.2 Å². The molecule has 1 aromatic heterocycles. The number of allylic oxidation sites excluding steroid dienone is 1. The van der Waals surface area contributed by atoms with Crippen molar-refractivity contribution in [3.8, 4) is 22.8 Å². The van der Waals surface area contributed by atoms with Crippen molar-refractivity contribution < 1.29 is 13.2 Å². The van der Waals surface area contributed by atoms with Gasteiger partial charge in [0.05, 0.1) is 17.1 Å². The van der Waals surface area contributed by atoms with E-state index in [2.05, 4.69) is 16.7 Å². The normalized spacial score (nSPS) is 11.5. The summed E-state index contributed by atoms with van der Waals surface area (Å²) in [6.45, 7) is 3.94. The SMILES string of the molecule is C=CCn1nc(-c2ccccc2C(F)(F)F)nc1-c1ccccc1Cl. The highest BCUT2D eigenvalue weighted by Gasteiger charge is 2.34. The number of benzene rings is 2. The van der Waals surface area contributed by atoms with Crippen LogP contribution in [0.5, 0.6) is 0 Å². The Morgan fingerprint density at radius 2 is 1.68 bits per heavy atom. The molecule has 0 amide bonds. The summed E-state index contributed by atoms with van der Waals surface area (Å²) in [6.07, 6.45) is -2.90. The van der Waals surface area contributed by atoms with E-state index < -0.39 is 11.7 Å². The van der Waals surface area contributed by atoms with Crippen LogP contribution in [0.15, 0.2) is 61.2 Å². The second kappa shape index (κ2) is 6.72. The average molecular weight is 364 g/mol. The summed E-state index contributed by atoms with van der Waals surface area (Å²) in [4.78, 5) is 4.32. The van der Waals surface area contributed by atoms with E-state index in [0.717, 1.165) is 6.07 Å². The number of nitrogens with zero attached hydrogens (tertiary/aromatic N) is 3. The predicted octanol–water partition coefficient (Wildman–Crippen LogP) is 5.47. The third-order valence-electron chi connectivity index (χ3n) is 3.56. The first kappa shape index (κ1) is 17.2. The second-order valence-electron chi connectivity index (χ2n) is 5.25. The van der Waals surface area contributed by atoms with Crippen molar-refractivity contribution in [2.24, 2.45) is 0 Å². The Morgan fingerprint density at radius 3 is 2.32 bits per heavy atom. The van der Waals surface area contributed by atoms with Crippen LogP contribution < -0.4 is 0 Å². The molecule has 0 atom stereocenters. The van der Waals surface area contributed by atoms with Crippen LogP contribution in [0.1, 0.15) is 5.56 Å². The number of alkyl halides is 3. The fourth-order valence-electron chi connectivity index (χ4n) is 2.47. The van der Waals surface area contributed by atoms with Gasteiger partial charge in [-0.2, -0.15) is 18.3 Å². The topological polar surface area (TPSA) is 30.7 Å². The highest BCUT2D eigenvalue weighted by molar-refractivity contribution is 6.33. The number of hydrogen-bond donors (Lipinski definition) is 0. The van der Waals surface area contributed by atoms with E-state index in [0.29, 0.717) is 23.0 Å². The van der Waals surface area contributed by atoms with Crippen molar-refractivity contribution in [3.05, 3.63) is 71.8 Å². The van der Waals surface area contributed by atoms with E-state index >= 15 is 0 Å². The molecule has 3 nitrogen and oxygen atoms in total. The van der Waals surface area contributed by atoms with E-state index in [1.807, 2.05) is 0 Å². The first-order valence-corrected chi connectivity index (χ1v) is 7.77. The minimum Gasteiger partial charge on any atom is -0.241 e. The Labute approximate surface area is 147 Å². The number of aromatic nitrogens is 3. The molecule has 0 fully saturated rings. The molecule has 7 heteroatoms. The van der Waals surface area contributed by atoms with Gasteiger partial charge in [-0.25, -0.2) is 9.67 Å². The molecule has 0 bridgehead atoms. The van der Waals surface area contributed by atoms with Gasteiger partial charge in [-0.15, -0.1) is 6.58 Å². The molecule has 3 rings (SSSR count). The minimum absolute atomic E-state index is 0.00954. The third-order valence-corrected chi connectivity index (χ3v) is 3.89. The van der Waals surface area contributed by atoms with Crippen LogP contribution in [0.25, 0.3) is 22.8 Å². The van der Waals surface area contributed by atoms with Crippen LogP contribution in [-0.4, -0.2) is 14.8 Å². The molecule has 0 saturated carbocycles. The van der Waals surface area contributed by atoms with Gasteiger partial charge in [0.1, 0.15) is 0 Å². The van der Waals surface area contributed by atoms with Crippen LogP contribution >= 0.6 is 11.6 Å². The molecule has 25 heavy (non-hydrogen) atoms. The fraction of sp³-hybridized carbons (Fsp3) is 0.111. The van der Waals surface area contributed by atoms with Crippen LogP contribution in [0.2, 0.25) is 5.02 Å². The summed E-state index contributed by atoms with van der Waals surface area (Å²) < 4.78 is 41.3. The highest BCUT2D eigenvalue weighted by atomic mass is 35.5. The van der Waals surface area contributed by atoms with E-state index in [9.17, 15) is 13.2 Å². The molecular formula is C18H13ClF3N3. The molecule has 0 radical (unpaired) electrons. The Bertz CT molecular complexity index is 916. The summed E-state index contributed by atoms with van der Waals surface area (Å²) >= 11 is 6.20. The number of halogens is 4. The lowest BCUT2D eigenvalue weighted by Gasteiger charge is -2.09. The molecule has 0 N–H and O–H groups in total. The Morgan fingerprint density at radius 1 is 1.04 bits per heavy atom. The predicted molar refractivity (Wildman–Crippen MR) is 91.1 cm³/mol. The largest absolute Gasteiger partial charge is 0.417 e. The maximum Gasteiger partial charge on any atom is 0.417 e. The van der Waals surface area contributed by atoms with Crippen molar-refractivity contribution in [2.45, 2.75) is 12.7 Å². The molecule has 0 saturated heterocycles. The maximum absolute atomic E-state index is 13.3. The average Bonchev–Trinajstić information content (AvgIpc) is 2.98. The molecule has 1 heterocycles. The van der Waals surface area contributed by atoms with Crippen molar-refractivity contribution in [2.75, 3.05) is 0 Å². The van der Waals surface area contributed by atoms with Gasteiger partial charge in [0.2, 0.25) is 0 Å². The molecule has 0 aliphatic heterocycles. The zero-order valence-electron chi connectivity index (χ0n) is 13.0. The molecular weight excluding hydrogens is 351 g/mol. The summed E-state index contributed by atoms with van der Waals surface area (Å²) in [5.41, 5.74) is -0.267. The number of hydrogen-bond acceptors (Lipinski definition) is 2. The summed E-state index contributed by atoms with van der Waals surface area (Å²) in [7, 11) is 0. The van der Waals surface area contributed by atoms with Gasteiger partial charge in [0, 0.05) is 11.1 Å². The lowest BCUT2D eigenvalue weighted by Crippen LogP contribution is -2.07. The fourth-order valence-corrected chi connectivity index (χ4v) is 2.69. The quantitative estimate of drug-likeness (QED) is 0.575. The highest BCUT2D eigenvalue weighted by Crippen LogP contribution is 2.37. The standard InChI is InChI=1S/C18H13ClF3N3/c1-2-11-25-17(13-8-4-6-10-15(13)19)23-16(24-25)12-7-3-5-9-14(12)18(20,21)22/h2-10H,1,11H2. The zero-order valence-corrected chi connectivity index (χ0v) is 13.7. The van der Waals surface area contributed by atoms with Gasteiger partial charge in [-0.1, -0.05) is 48.0 Å². The van der Waals surface area contributed by atoms with Gasteiger partial charge in [-0.05, 0) is 18.2 Å². The van der Waals surface area contributed by atoms with Gasteiger partial charge in [-0.3, -0.25) is 0 Å². The van der Waals surface area contributed by atoms with Gasteiger partial charge >= 0.3 is 6.18 Å².